The molecule has 0 heterocycles. The zero-order valence-corrected chi connectivity index (χ0v) is 12.9. The summed E-state index contributed by atoms with van der Waals surface area (Å²) in [5.41, 5.74) is 2.53. The van der Waals surface area contributed by atoms with Crippen molar-refractivity contribution in [3.63, 3.8) is 0 Å². The predicted octanol–water partition coefficient (Wildman–Crippen LogP) is 2.74. The van der Waals surface area contributed by atoms with Gasteiger partial charge in [-0.3, -0.25) is 4.79 Å². The molecule has 21 heavy (non-hydrogen) atoms. The summed E-state index contributed by atoms with van der Waals surface area (Å²) in [7, 11) is 0. The predicted molar refractivity (Wildman–Crippen MR) is 84.1 cm³/mol. The Morgan fingerprint density at radius 2 is 2.19 bits per heavy atom. The van der Waals surface area contributed by atoms with Crippen LogP contribution in [0.15, 0.2) is 18.2 Å². The molecule has 1 saturated carbocycles. The van der Waals surface area contributed by atoms with Gasteiger partial charge >= 0.3 is 0 Å². The highest BCUT2D eigenvalue weighted by Gasteiger charge is 2.33. The highest BCUT2D eigenvalue weighted by molar-refractivity contribution is 5.97. The molecule has 1 aromatic rings. The molecule has 1 N–H and O–H groups in total. The molecule has 2 rings (SSSR count). The van der Waals surface area contributed by atoms with Crippen LogP contribution in [0.2, 0.25) is 0 Å². The van der Waals surface area contributed by atoms with E-state index in [9.17, 15) is 4.79 Å². The first-order valence-corrected chi connectivity index (χ1v) is 7.68. The molecule has 0 spiro atoms. The zero-order chi connectivity index (χ0) is 15.2. The first kappa shape index (κ1) is 15.6. The molecular weight excluding hydrogens is 262 g/mol. The van der Waals surface area contributed by atoms with E-state index < -0.39 is 0 Å². The molecule has 0 atom stereocenters. The number of rotatable bonds is 5. The van der Waals surface area contributed by atoms with Crippen LogP contribution in [-0.4, -0.2) is 35.1 Å². The molecule has 1 fully saturated rings. The molecule has 112 valence electrons. The summed E-state index contributed by atoms with van der Waals surface area (Å²) in [6.45, 7) is 4.94. The van der Waals surface area contributed by atoms with E-state index in [0.717, 1.165) is 36.9 Å². The summed E-state index contributed by atoms with van der Waals surface area (Å²) in [6, 6.07) is 6.22. The number of amides is 1. The van der Waals surface area contributed by atoms with Gasteiger partial charge in [0.15, 0.2) is 0 Å². The summed E-state index contributed by atoms with van der Waals surface area (Å²) < 4.78 is 0. The lowest BCUT2D eigenvalue weighted by molar-refractivity contribution is 0.0743. The Morgan fingerprint density at radius 3 is 2.81 bits per heavy atom. The summed E-state index contributed by atoms with van der Waals surface area (Å²) >= 11 is 0. The standard InChI is InChI=1S/C18H23NO2/c1-3-11-19(16-9-10-16)18(21)17-13-14(2)7-8-15(17)6-4-5-12-20/h7-8,13,16,20H,3,5,9-12H2,1-2H3. The molecular formula is C18H23NO2. The van der Waals surface area contributed by atoms with Crippen LogP contribution >= 0.6 is 0 Å². The number of nitrogens with zero attached hydrogens (tertiary/aromatic N) is 1. The highest BCUT2D eigenvalue weighted by atomic mass is 16.2. The third-order valence-corrected chi connectivity index (χ3v) is 3.58. The molecule has 3 nitrogen and oxygen atoms in total. The van der Waals surface area contributed by atoms with Crippen LogP contribution in [0.3, 0.4) is 0 Å². The quantitative estimate of drug-likeness (QED) is 0.845. The van der Waals surface area contributed by atoms with Crippen LogP contribution in [0.25, 0.3) is 0 Å². The maximum absolute atomic E-state index is 12.8. The second kappa shape index (κ2) is 7.28. The summed E-state index contributed by atoms with van der Waals surface area (Å²) in [4.78, 5) is 14.8. The van der Waals surface area contributed by atoms with Gasteiger partial charge in [-0.15, -0.1) is 0 Å². The van der Waals surface area contributed by atoms with E-state index in [-0.39, 0.29) is 12.5 Å². The SMILES string of the molecule is CCCN(C(=O)c1cc(C)ccc1C#CCCO)C1CC1. The normalized spacial score (nSPS) is 13.5. The molecule has 0 bridgehead atoms. The second-order valence-electron chi connectivity index (χ2n) is 5.55. The van der Waals surface area contributed by atoms with Crippen molar-refractivity contribution >= 4 is 5.91 Å². The molecule has 0 aliphatic heterocycles. The topological polar surface area (TPSA) is 40.5 Å². The first-order chi connectivity index (χ1) is 10.2. The van der Waals surface area contributed by atoms with E-state index in [1.165, 1.54) is 0 Å². The van der Waals surface area contributed by atoms with Gasteiger partial charge in [0, 0.05) is 24.6 Å². The Morgan fingerprint density at radius 1 is 1.43 bits per heavy atom. The fraction of sp³-hybridized carbons (Fsp3) is 0.500. The van der Waals surface area contributed by atoms with Gasteiger partial charge < -0.3 is 10.0 Å². The number of carbonyl (C=O) groups is 1. The Hall–Kier alpha value is -1.79. The van der Waals surface area contributed by atoms with Crippen molar-refractivity contribution in [2.45, 2.75) is 45.6 Å². The zero-order valence-electron chi connectivity index (χ0n) is 12.9. The average Bonchev–Trinajstić information content (AvgIpc) is 3.30. The van der Waals surface area contributed by atoms with E-state index in [1.54, 1.807) is 0 Å². The lowest BCUT2D eigenvalue weighted by Gasteiger charge is -2.22. The van der Waals surface area contributed by atoms with Crippen molar-refractivity contribution in [3.8, 4) is 11.8 Å². The number of benzene rings is 1. The van der Waals surface area contributed by atoms with Crippen LogP contribution in [-0.2, 0) is 0 Å². The van der Waals surface area contributed by atoms with E-state index in [2.05, 4.69) is 18.8 Å². The van der Waals surface area contributed by atoms with Crippen LogP contribution in [0, 0.1) is 18.8 Å². The van der Waals surface area contributed by atoms with Crippen LogP contribution in [0.1, 0.15) is 54.1 Å². The van der Waals surface area contributed by atoms with E-state index in [1.807, 2.05) is 30.0 Å². The average molecular weight is 285 g/mol. The van der Waals surface area contributed by atoms with E-state index in [4.69, 9.17) is 5.11 Å². The Kier molecular flexibility index (Phi) is 5.41. The Labute approximate surface area is 127 Å². The third-order valence-electron chi connectivity index (χ3n) is 3.58. The van der Waals surface area contributed by atoms with Gasteiger partial charge in [-0.2, -0.15) is 0 Å². The molecule has 3 heteroatoms. The maximum atomic E-state index is 12.8. The smallest absolute Gasteiger partial charge is 0.255 e. The van der Waals surface area contributed by atoms with Crippen molar-refractivity contribution in [3.05, 3.63) is 34.9 Å². The highest BCUT2D eigenvalue weighted by Crippen LogP contribution is 2.29. The molecule has 0 aromatic heterocycles. The molecule has 0 unspecified atom stereocenters. The number of carbonyl (C=O) groups excluding carboxylic acids is 1. The largest absolute Gasteiger partial charge is 0.395 e. The Balaban J connectivity index is 2.30. The van der Waals surface area contributed by atoms with E-state index in [0.29, 0.717) is 18.0 Å². The molecule has 0 radical (unpaired) electrons. The number of aryl methyl sites for hydroxylation is 1. The van der Waals surface area contributed by atoms with Gasteiger partial charge in [0.2, 0.25) is 0 Å². The maximum Gasteiger partial charge on any atom is 0.255 e. The van der Waals surface area contributed by atoms with E-state index >= 15 is 0 Å². The van der Waals surface area contributed by atoms with Crippen molar-refractivity contribution in [2.24, 2.45) is 0 Å². The fourth-order valence-electron chi connectivity index (χ4n) is 2.39. The minimum atomic E-state index is 0.0478. The lowest BCUT2D eigenvalue weighted by Crippen LogP contribution is -2.34. The van der Waals surface area contributed by atoms with Crippen molar-refractivity contribution in [2.75, 3.05) is 13.2 Å². The van der Waals surface area contributed by atoms with Crippen molar-refractivity contribution < 1.29 is 9.90 Å². The van der Waals surface area contributed by atoms with Gasteiger partial charge in [-0.05, 0) is 38.3 Å². The summed E-state index contributed by atoms with van der Waals surface area (Å²) in [5, 5.41) is 8.83. The monoisotopic (exact) mass is 285 g/mol. The first-order valence-electron chi connectivity index (χ1n) is 7.68. The summed E-state index contributed by atoms with van der Waals surface area (Å²) in [6.07, 6.45) is 3.63. The van der Waals surface area contributed by atoms with Crippen molar-refractivity contribution in [1.82, 2.24) is 4.90 Å². The number of aliphatic hydroxyl groups is 1. The summed E-state index contributed by atoms with van der Waals surface area (Å²) in [5.74, 6) is 6.03. The lowest BCUT2D eigenvalue weighted by atomic mass is 10.0. The number of hydrogen-bond acceptors (Lipinski definition) is 2. The Bertz CT molecular complexity index is 564. The molecule has 1 aromatic carbocycles. The van der Waals surface area contributed by atoms with Gasteiger partial charge in [-0.1, -0.05) is 30.4 Å². The second-order valence-corrected chi connectivity index (χ2v) is 5.55. The van der Waals surface area contributed by atoms with Gasteiger partial charge in [0.05, 0.1) is 12.2 Å². The number of aliphatic hydroxyl groups excluding tert-OH is 1. The molecule has 1 aliphatic rings. The van der Waals surface area contributed by atoms with Crippen LogP contribution in [0.4, 0.5) is 0 Å². The minimum Gasteiger partial charge on any atom is -0.395 e. The molecule has 0 saturated heterocycles. The molecule has 1 aliphatic carbocycles. The van der Waals surface area contributed by atoms with Gasteiger partial charge in [-0.25, -0.2) is 0 Å². The fourth-order valence-corrected chi connectivity index (χ4v) is 2.39. The van der Waals surface area contributed by atoms with Crippen LogP contribution in [0.5, 0.6) is 0 Å². The van der Waals surface area contributed by atoms with Crippen molar-refractivity contribution in [1.29, 1.82) is 0 Å². The van der Waals surface area contributed by atoms with Gasteiger partial charge in [0.25, 0.3) is 5.91 Å². The minimum absolute atomic E-state index is 0.0478. The third kappa shape index (κ3) is 4.09. The molecule has 1 amide bonds. The number of hydrogen-bond donors (Lipinski definition) is 1. The van der Waals surface area contributed by atoms with Crippen LogP contribution < -0.4 is 0 Å². The van der Waals surface area contributed by atoms with Gasteiger partial charge in [0.1, 0.15) is 0 Å².